The monoisotopic (exact) mass is 305 g/mol. The average molecular weight is 305 g/mol. The normalized spacial score (nSPS) is 24.5. The summed E-state index contributed by atoms with van der Waals surface area (Å²) < 4.78 is 15.0. The predicted molar refractivity (Wildman–Crippen MR) is 71.1 cm³/mol. The molecule has 0 aliphatic carbocycles. The summed E-state index contributed by atoms with van der Waals surface area (Å²) in [6.07, 6.45) is -0.847. The van der Waals surface area contributed by atoms with Crippen molar-refractivity contribution in [1.82, 2.24) is 10.2 Å². The molecule has 1 fully saturated rings. The molecule has 1 atom stereocenters. The Labute approximate surface area is 124 Å². The van der Waals surface area contributed by atoms with E-state index in [-0.39, 0.29) is 24.1 Å². The van der Waals surface area contributed by atoms with Gasteiger partial charge in [-0.3, -0.25) is 24.5 Å². The Kier molecular flexibility index (Phi) is 3.06. The number of benzene rings is 1. The number of carbonyl (C=O) groups is 4. The van der Waals surface area contributed by atoms with Gasteiger partial charge < -0.3 is 5.73 Å². The van der Waals surface area contributed by atoms with Crippen molar-refractivity contribution in [2.75, 3.05) is 0 Å². The van der Waals surface area contributed by atoms with Gasteiger partial charge in [0.25, 0.3) is 23.5 Å². The number of fused-ring (bicyclic) bond motifs is 1. The van der Waals surface area contributed by atoms with Crippen molar-refractivity contribution in [2.24, 2.45) is 5.73 Å². The Morgan fingerprint density at radius 2 is 1.95 bits per heavy atom. The summed E-state index contributed by atoms with van der Waals surface area (Å²) in [7, 11) is 0. The van der Waals surface area contributed by atoms with Gasteiger partial charge in [0.05, 0.1) is 11.1 Å². The molecule has 3 N–H and O–H groups in total. The van der Waals surface area contributed by atoms with Crippen LogP contribution in [0, 0.1) is 0 Å². The maximum absolute atomic E-state index is 15.0. The van der Waals surface area contributed by atoms with Crippen LogP contribution >= 0.6 is 0 Å². The maximum Gasteiger partial charge on any atom is 0.285 e. The van der Waals surface area contributed by atoms with E-state index in [0.717, 1.165) is 0 Å². The molecule has 0 saturated carbocycles. The molecular weight excluding hydrogens is 293 g/mol. The van der Waals surface area contributed by atoms with Gasteiger partial charge in [-0.15, -0.1) is 0 Å². The van der Waals surface area contributed by atoms with Crippen LogP contribution < -0.4 is 11.1 Å². The minimum absolute atomic E-state index is 0.00000139. The first-order chi connectivity index (χ1) is 10.4. The fraction of sp³-hybridized carbons (Fsp3) is 0.286. The van der Waals surface area contributed by atoms with Crippen LogP contribution in [0.3, 0.4) is 0 Å². The lowest BCUT2D eigenvalue weighted by molar-refractivity contribution is -0.151. The number of imide groups is 2. The number of rotatable bonds is 2. The summed E-state index contributed by atoms with van der Waals surface area (Å²) in [6.45, 7) is 0.00000139. The zero-order chi connectivity index (χ0) is 16.1. The fourth-order valence-corrected chi connectivity index (χ4v) is 2.74. The van der Waals surface area contributed by atoms with Crippen molar-refractivity contribution >= 4 is 23.6 Å². The third kappa shape index (κ3) is 1.77. The Balaban J connectivity index is 2.08. The van der Waals surface area contributed by atoms with Gasteiger partial charge in [-0.1, -0.05) is 12.1 Å². The molecule has 0 radical (unpaired) electrons. The molecule has 2 aliphatic heterocycles. The molecular formula is C14H12FN3O4. The zero-order valence-corrected chi connectivity index (χ0v) is 11.4. The summed E-state index contributed by atoms with van der Waals surface area (Å²) in [4.78, 5) is 48.1. The lowest BCUT2D eigenvalue weighted by atomic mass is 10.0. The molecule has 1 aromatic rings. The van der Waals surface area contributed by atoms with E-state index in [1.54, 1.807) is 6.07 Å². The Morgan fingerprint density at radius 1 is 1.23 bits per heavy atom. The second-order valence-electron chi connectivity index (χ2n) is 5.13. The van der Waals surface area contributed by atoms with Gasteiger partial charge in [0.1, 0.15) is 0 Å². The van der Waals surface area contributed by atoms with Gasteiger partial charge >= 0.3 is 0 Å². The summed E-state index contributed by atoms with van der Waals surface area (Å²) in [5.41, 5.74) is 5.95. The summed E-state index contributed by atoms with van der Waals surface area (Å²) in [5, 5.41) is 1.82. The summed E-state index contributed by atoms with van der Waals surface area (Å²) >= 11 is 0. The number of nitrogens with one attached hydrogen (secondary N) is 1. The van der Waals surface area contributed by atoms with Gasteiger partial charge in [-0.2, -0.15) is 0 Å². The maximum atomic E-state index is 15.0. The lowest BCUT2D eigenvalue weighted by Crippen LogP contribution is -2.61. The third-order valence-electron chi connectivity index (χ3n) is 3.86. The van der Waals surface area contributed by atoms with Gasteiger partial charge in [0.15, 0.2) is 0 Å². The first-order valence-electron chi connectivity index (χ1n) is 6.64. The van der Waals surface area contributed by atoms with E-state index in [1.807, 2.05) is 5.32 Å². The zero-order valence-electron chi connectivity index (χ0n) is 11.4. The highest BCUT2D eigenvalue weighted by atomic mass is 19.1. The predicted octanol–water partition coefficient (Wildman–Crippen LogP) is -0.156. The fourth-order valence-electron chi connectivity index (χ4n) is 2.74. The number of hydrogen-bond acceptors (Lipinski definition) is 5. The summed E-state index contributed by atoms with van der Waals surface area (Å²) in [6, 6.07) is 4.47. The van der Waals surface area contributed by atoms with Crippen molar-refractivity contribution in [2.45, 2.75) is 25.2 Å². The molecule has 1 saturated heterocycles. The molecule has 4 amide bonds. The van der Waals surface area contributed by atoms with E-state index in [9.17, 15) is 19.2 Å². The van der Waals surface area contributed by atoms with Crippen LogP contribution in [0.4, 0.5) is 4.39 Å². The minimum atomic E-state index is -2.87. The van der Waals surface area contributed by atoms with Crippen molar-refractivity contribution in [3.8, 4) is 0 Å². The molecule has 0 aromatic heterocycles. The van der Waals surface area contributed by atoms with E-state index in [0.29, 0.717) is 10.5 Å². The van der Waals surface area contributed by atoms with E-state index in [1.165, 1.54) is 12.1 Å². The number of hydrogen-bond donors (Lipinski definition) is 2. The quantitative estimate of drug-likeness (QED) is 0.583. The van der Waals surface area contributed by atoms with Crippen LogP contribution in [0.25, 0.3) is 0 Å². The van der Waals surface area contributed by atoms with Crippen LogP contribution in [0.2, 0.25) is 0 Å². The van der Waals surface area contributed by atoms with E-state index in [2.05, 4.69) is 0 Å². The van der Waals surface area contributed by atoms with E-state index >= 15 is 4.39 Å². The topological polar surface area (TPSA) is 110 Å². The van der Waals surface area contributed by atoms with Crippen LogP contribution in [-0.2, 0) is 16.1 Å². The smallest absolute Gasteiger partial charge is 0.285 e. The average Bonchev–Trinajstić information content (AvgIpc) is 2.76. The van der Waals surface area contributed by atoms with Gasteiger partial charge in [0, 0.05) is 19.4 Å². The van der Waals surface area contributed by atoms with E-state index in [4.69, 9.17) is 5.73 Å². The van der Waals surface area contributed by atoms with Crippen molar-refractivity contribution in [3.05, 3.63) is 34.9 Å². The molecule has 2 heterocycles. The van der Waals surface area contributed by atoms with Crippen molar-refractivity contribution in [3.63, 3.8) is 0 Å². The molecule has 2 aliphatic rings. The largest absolute Gasteiger partial charge is 0.326 e. The lowest BCUT2D eigenvalue weighted by Gasteiger charge is -2.34. The number of alkyl halides is 1. The number of nitrogens with two attached hydrogens (primary N) is 1. The van der Waals surface area contributed by atoms with Crippen LogP contribution in [0.5, 0.6) is 0 Å². The SMILES string of the molecule is NCc1cccc2c1C(=O)N(C1(F)CCC(=O)NC1=O)C2=O. The number of halogens is 1. The highest BCUT2D eigenvalue weighted by Gasteiger charge is 2.56. The van der Waals surface area contributed by atoms with Crippen LogP contribution in [0.15, 0.2) is 18.2 Å². The Hall–Kier alpha value is -2.61. The molecule has 1 aromatic carbocycles. The number of nitrogens with zero attached hydrogens (tertiary/aromatic N) is 1. The molecule has 7 nitrogen and oxygen atoms in total. The first kappa shape index (κ1) is 14.3. The van der Waals surface area contributed by atoms with Gasteiger partial charge in [-0.05, 0) is 11.6 Å². The Morgan fingerprint density at radius 3 is 2.59 bits per heavy atom. The number of carbonyl (C=O) groups excluding carboxylic acids is 4. The molecule has 1 unspecified atom stereocenters. The first-order valence-corrected chi connectivity index (χ1v) is 6.64. The molecule has 8 heteroatoms. The van der Waals surface area contributed by atoms with Crippen molar-refractivity contribution < 1.29 is 23.6 Å². The second kappa shape index (κ2) is 4.70. The highest BCUT2D eigenvalue weighted by Crippen LogP contribution is 2.36. The second-order valence-corrected chi connectivity index (χ2v) is 5.13. The minimum Gasteiger partial charge on any atom is -0.326 e. The molecule has 22 heavy (non-hydrogen) atoms. The molecule has 0 spiro atoms. The number of amides is 4. The summed E-state index contributed by atoms with van der Waals surface area (Å²) in [5.74, 6) is -6.62. The Bertz CT molecular complexity index is 733. The molecule has 3 rings (SSSR count). The van der Waals surface area contributed by atoms with Crippen molar-refractivity contribution in [1.29, 1.82) is 0 Å². The van der Waals surface area contributed by atoms with Gasteiger partial charge in [-0.25, -0.2) is 9.29 Å². The molecule has 0 bridgehead atoms. The molecule has 114 valence electrons. The number of piperidine rings is 1. The standard InChI is InChI=1S/C14H12FN3O4/c15-14(5-4-9(19)17-13(14)22)18-11(20)8-3-1-2-7(6-16)10(8)12(18)21/h1-3H,4-6,16H2,(H,17,19,22). The van der Waals surface area contributed by atoms with Gasteiger partial charge in [0.2, 0.25) is 5.91 Å². The van der Waals surface area contributed by atoms with Crippen LogP contribution in [-0.4, -0.2) is 34.3 Å². The van der Waals surface area contributed by atoms with Crippen LogP contribution in [0.1, 0.15) is 39.1 Å². The van der Waals surface area contributed by atoms with E-state index < -0.39 is 35.8 Å². The highest BCUT2D eigenvalue weighted by molar-refractivity contribution is 6.24. The third-order valence-corrected chi connectivity index (χ3v) is 3.86.